The van der Waals surface area contributed by atoms with Gasteiger partial charge < -0.3 is 14.8 Å². The van der Waals surface area contributed by atoms with E-state index >= 15 is 0 Å². The zero-order valence-corrected chi connectivity index (χ0v) is 10.5. The predicted octanol–water partition coefficient (Wildman–Crippen LogP) is 1.34. The van der Waals surface area contributed by atoms with Gasteiger partial charge in [-0.25, -0.2) is 0 Å². The van der Waals surface area contributed by atoms with Crippen LogP contribution in [0.4, 0.5) is 0 Å². The van der Waals surface area contributed by atoms with Crippen molar-refractivity contribution in [2.45, 2.75) is 39.2 Å². The van der Waals surface area contributed by atoms with Crippen LogP contribution in [0.25, 0.3) is 0 Å². The van der Waals surface area contributed by atoms with E-state index in [4.69, 9.17) is 9.47 Å². The molecule has 0 bridgehead atoms. The molecular weight excluding hydrogens is 206 g/mol. The smallest absolute Gasteiger partial charge is 0.313 e. The maximum atomic E-state index is 11.8. The molecule has 1 heterocycles. The molecule has 0 aliphatic carbocycles. The van der Waals surface area contributed by atoms with Crippen LogP contribution < -0.4 is 5.32 Å². The van der Waals surface area contributed by atoms with Gasteiger partial charge in [0, 0.05) is 19.2 Å². The lowest BCUT2D eigenvalue weighted by atomic mass is 9.82. The Morgan fingerprint density at radius 1 is 1.50 bits per heavy atom. The SMILES string of the molecule is CCC(CC)(CNC1CCOC1)C(=O)OC. The van der Waals surface area contributed by atoms with Crippen molar-refractivity contribution < 1.29 is 14.3 Å². The summed E-state index contributed by atoms with van der Waals surface area (Å²) in [5.41, 5.74) is -0.378. The van der Waals surface area contributed by atoms with Crippen molar-refractivity contribution in [1.82, 2.24) is 5.32 Å². The number of esters is 1. The third-order valence-corrected chi connectivity index (χ3v) is 3.63. The van der Waals surface area contributed by atoms with Crippen LogP contribution in [0.1, 0.15) is 33.1 Å². The lowest BCUT2D eigenvalue weighted by Gasteiger charge is -2.30. The van der Waals surface area contributed by atoms with Gasteiger partial charge in [0.25, 0.3) is 0 Å². The van der Waals surface area contributed by atoms with Crippen LogP contribution in [0.3, 0.4) is 0 Å². The second-order valence-electron chi connectivity index (χ2n) is 4.42. The van der Waals surface area contributed by atoms with Crippen LogP contribution in [-0.4, -0.2) is 38.9 Å². The number of carbonyl (C=O) groups is 1. The minimum absolute atomic E-state index is 0.107. The predicted molar refractivity (Wildman–Crippen MR) is 62.3 cm³/mol. The standard InChI is InChI=1S/C12H23NO3/c1-4-12(5-2,11(14)15-3)9-13-10-6-7-16-8-10/h10,13H,4-9H2,1-3H3. The zero-order valence-electron chi connectivity index (χ0n) is 10.5. The molecule has 0 amide bonds. The second-order valence-corrected chi connectivity index (χ2v) is 4.42. The molecule has 1 unspecified atom stereocenters. The molecule has 0 aromatic carbocycles. The van der Waals surface area contributed by atoms with Crippen LogP contribution in [0, 0.1) is 5.41 Å². The van der Waals surface area contributed by atoms with E-state index in [-0.39, 0.29) is 11.4 Å². The third-order valence-electron chi connectivity index (χ3n) is 3.63. The average molecular weight is 229 g/mol. The number of carbonyl (C=O) groups excluding carboxylic acids is 1. The van der Waals surface area contributed by atoms with Crippen molar-refractivity contribution in [2.75, 3.05) is 26.9 Å². The molecule has 1 fully saturated rings. The molecule has 0 aromatic rings. The summed E-state index contributed by atoms with van der Waals surface area (Å²) in [5, 5.41) is 3.41. The van der Waals surface area contributed by atoms with Gasteiger partial charge in [0.15, 0.2) is 0 Å². The van der Waals surface area contributed by atoms with E-state index in [0.717, 1.165) is 32.5 Å². The highest BCUT2D eigenvalue weighted by molar-refractivity contribution is 5.76. The molecule has 0 radical (unpaired) electrons. The number of hydrogen-bond acceptors (Lipinski definition) is 4. The average Bonchev–Trinajstić information content (AvgIpc) is 2.83. The molecule has 0 saturated carbocycles. The first-order valence-electron chi connectivity index (χ1n) is 6.08. The van der Waals surface area contributed by atoms with E-state index in [2.05, 4.69) is 5.32 Å². The van der Waals surface area contributed by atoms with Gasteiger partial charge >= 0.3 is 5.97 Å². The van der Waals surface area contributed by atoms with Gasteiger partial charge in [-0.05, 0) is 19.3 Å². The minimum Gasteiger partial charge on any atom is -0.469 e. The molecule has 0 spiro atoms. The first-order valence-corrected chi connectivity index (χ1v) is 6.08. The largest absolute Gasteiger partial charge is 0.469 e. The topological polar surface area (TPSA) is 47.6 Å². The maximum absolute atomic E-state index is 11.8. The fraction of sp³-hybridized carbons (Fsp3) is 0.917. The maximum Gasteiger partial charge on any atom is 0.313 e. The van der Waals surface area contributed by atoms with Gasteiger partial charge in [-0.15, -0.1) is 0 Å². The highest BCUT2D eigenvalue weighted by Gasteiger charge is 2.36. The van der Waals surface area contributed by atoms with Gasteiger partial charge in [-0.1, -0.05) is 13.8 Å². The number of rotatable bonds is 6. The van der Waals surface area contributed by atoms with Crippen molar-refractivity contribution >= 4 is 5.97 Å². The van der Waals surface area contributed by atoms with Crippen LogP contribution in [0.5, 0.6) is 0 Å². The normalized spacial score (nSPS) is 21.1. The Bertz CT molecular complexity index is 220. The van der Waals surface area contributed by atoms with Crippen molar-refractivity contribution in [1.29, 1.82) is 0 Å². The molecule has 4 nitrogen and oxygen atoms in total. The summed E-state index contributed by atoms with van der Waals surface area (Å²) in [5.74, 6) is -0.107. The van der Waals surface area contributed by atoms with Crippen molar-refractivity contribution in [3.63, 3.8) is 0 Å². The van der Waals surface area contributed by atoms with E-state index in [9.17, 15) is 4.79 Å². The molecule has 1 rings (SSSR count). The second kappa shape index (κ2) is 6.21. The fourth-order valence-electron chi connectivity index (χ4n) is 2.11. The van der Waals surface area contributed by atoms with Crippen LogP contribution >= 0.6 is 0 Å². The van der Waals surface area contributed by atoms with Crippen molar-refractivity contribution in [3.8, 4) is 0 Å². The molecule has 16 heavy (non-hydrogen) atoms. The van der Waals surface area contributed by atoms with Crippen LogP contribution in [-0.2, 0) is 14.3 Å². The van der Waals surface area contributed by atoms with E-state index < -0.39 is 0 Å². The van der Waals surface area contributed by atoms with E-state index in [0.29, 0.717) is 12.6 Å². The van der Waals surface area contributed by atoms with Crippen LogP contribution in [0.15, 0.2) is 0 Å². The van der Waals surface area contributed by atoms with Gasteiger partial charge in [-0.2, -0.15) is 0 Å². The van der Waals surface area contributed by atoms with Crippen molar-refractivity contribution in [3.05, 3.63) is 0 Å². The van der Waals surface area contributed by atoms with E-state index in [1.54, 1.807) is 0 Å². The molecule has 1 aliphatic rings. The quantitative estimate of drug-likeness (QED) is 0.698. The first kappa shape index (κ1) is 13.5. The van der Waals surface area contributed by atoms with Gasteiger partial charge in [-0.3, -0.25) is 4.79 Å². The monoisotopic (exact) mass is 229 g/mol. The highest BCUT2D eigenvalue weighted by Crippen LogP contribution is 2.27. The molecule has 1 N–H and O–H groups in total. The number of hydrogen-bond donors (Lipinski definition) is 1. The Morgan fingerprint density at radius 2 is 2.19 bits per heavy atom. The lowest BCUT2D eigenvalue weighted by molar-refractivity contribution is -0.153. The van der Waals surface area contributed by atoms with Gasteiger partial charge in [0.2, 0.25) is 0 Å². The third kappa shape index (κ3) is 2.95. The molecule has 4 heteroatoms. The first-order chi connectivity index (χ1) is 7.68. The number of methoxy groups -OCH3 is 1. The summed E-state index contributed by atoms with van der Waals surface area (Å²) in [6, 6.07) is 0.391. The molecule has 1 atom stereocenters. The Balaban J connectivity index is 2.52. The van der Waals surface area contributed by atoms with Gasteiger partial charge in [0.1, 0.15) is 0 Å². The zero-order chi connectivity index (χ0) is 12.0. The Morgan fingerprint density at radius 3 is 2.62 bits per heavy atom. The molecular formula is C12H23NO3. The summed E-state index contributed by atoms with van der Waals surface area (Å²) in [6.45, 7) is 6.33. The Labute approximate surface area is 97.7 Å². The van der Waals surface area contributed by atoms with Crippen LogP contribution in [0.2, 0.25) is 0 Å². The highest BCUT2D eigenvalue weighted by atomic mass is 16.5. The summed E-state index contributed by atoms with van der Waals surface area (Å²) in [6.07, 6.45) is 2.64. The fourth-order valence-corrected chi connectivity index (χ4v) is 2.11. The summed E-state index contributed by atoms with van der Waals surface area (Å²) < 4.78 is 10.2. The van der Waals surface area contributed by atoms with Gasteiger partial charge in [0.05, 0.1) is 19.1 Å². The summed E-state index contributed by atoms with van der Waals surface area (Å²) >= 11 is 0. The Hall–Kier alpha value is -0.610. The van der Waals surface area contributed by atoms with E-state index in [1.807, 2.05) is 13.8 Å². The summed E-state index contributed by atoms with van der Waals surface area (Å²) in [4.78, 5) is 11.8. The molecule has 1 saturated heterocycles. The molecule has 1 aliphatic heterocycles. The number of nitrogens with one attached hydrogen (secondary N) is 1. The number of ether oxygens (including phenoxy) is 2. The van der Waals surface area contributed by atoms with E-state index in [1.165, 1.54) is 7.11 Å². The minimum atomic E-state index is -0.378. The molecule has 0 aromatic heterocycles. The Kier molecular flexibility index (Phi) is 5.22. The van der Waals surface area contributed by atoms with Crippen molar-refractivity contribution in [2.24, 2.45) is 5.41 Å². The summed E-state index contributed by atoms with van der Waals surface area (Å²) in [7, 11) is 1.46. The lowest BCUT2D eigenvalue weighted by Crippen LogP contribution is -2.44. The molecule has 94 valence electrons.